The third kappa shape index (κ3) is 7.44. The minimum Gasteiger partial charge on any atom is -0.493 e. The molecular weight excluding hydrogens is 519 g/mol. The highest BCUT2D eigenvalue weighted by Gasteiger charge is 2.18. The molecule has 1 unspecified atom stereocenters. The van der Waals surface area contributed by atoms with Gasteiger partial charge in [0.25, 0.3) is 0 Å². The second-order valence-corrected chi connectivity index (χ2v) is 6.99. The van der Waals surface area contributed by atoms with Crippen LogP contribution in [0.5, 0.6) is 17.2 Å². The van der Waals surface area contributed by atoms with Crippen molar-refractivity contribution in [2.24, 2.45) is 4.99 Å². The van der Waals surface area contributed by atoms with Gasteiger partial charge < -0.3 is 24.8 Å². The number of guanidine groups is 1. The molecule has 0 saturated carbocycles. The highest BCUT2D eigenvalue weighted by molar-refractivity contribution is 14.0. The van der Waals surface area contributed by atoms with Gasteiger partial charge in [0.05, 0.1) is 27.4 Å². The van der Waals surface area contributed by atoms with E-state index in [0.717, 1.165) is 31.2 Å². The van der Waals surface area contributed by atoms with E-state index in [1.165, 1.54) is 5.56 Å². The molecule has 0 aliphatic rings. The third-order valence-electron chi connectivity index (χ3n) is 5.31. The van der Waals surface area contributed by atoms with Crippen molar-refractivity contribution in [3.8, 4) is 17.2 Å². The SMILES string of the molecule is CCN(CC)C(CNC(=NC)NCc1cc(OC)c(OC)c(OC)c1)c1ccccc1.I. The Morgan fingerprint density at radius 1 is 0.938 bits per heavy atom. The van der Waals surface area contributed by atoms with E-state index in [9.17, 15) is 0 Å². The number of nitrogens with one attached hydrogen (secondary N) is 2. The molecule has 32 heavy (non-hydrogen) atoms. The fourth-order valence-corrected chi connectivity index (χ4v) is 3.63. The molecule has 0 aromatic heterocycles. The van der Waals surface area contributed by atoms with Crippen molar-refractivity contribution >= 4 is 29.9 Å². The Kier molecular flexibility index (Phi) is 12.9. The lowest BCUT2D eigenvalue weighted by Crippen LogP contribution is -2.43. The van der Waals surface area contributed by atoms with Crippen LogP contribution >= 0.6 is 24.0 Å². The molecule has 0 aliphatic heterocycles. The molecule has 0 aliphatic carbocycles. The predicted octanol–water partition coefficient (Wildman–Crippen LogP) is 4.08. The Labute approximate surface area is 209 Å². The summed E-state index contributed by atoms with van der Waals surface area (Å²) in [6.07, 6.45) is 0. The van der Waals surface area contributed by atoms with Crippen LogP contribution in [-0.4, -0.2) is 58.9 Å². The molecule has 178 valence electrons. The summed E-state index contributed by atoms with van der Waals surface area (Å²) in [6, 6.07) is 14.7. The number of nitrogens with zero attached hydrogens (tertiary/aromatic N) is 2. The third-order valence-corrected chi connectivity index (χ3v) is 5.31. The monoisotopic (exact) mass is 556 g/mol. The van der Waals surface area contributed by atoms with Crippen LogP contribution < -0.4 is 24.8 Å². The number of methoxy groups -OCH3 is 3. The van der Waals surface area contributed by atoms with Gasteiger partial charge in [-0.05, 0) is 36.3 Å². The van der Waals surface area contributed by atoms with Crippen LogP contribution in [0.2, 0.25) is 0 Å². The van der Waals surface area contributed by atoms with Crippen molar-refractivity contribution in [3.63, 3.8) is 0 Å². The number of hydrogen-bond donors (Lipinski definition) is 2. The fraction of sp³-hybridized carbons (Fsp3) is 0.458. The molecule has 2 aromatic carbocycles. The average molecular weight is 556 g/mol. The lowest BCUT2D eigenvalue weighted by Gasteiger charge is -2.30. The van der Waals surface area contributed by atoms with E-state index in [4.69, 9.17) is 14.2 Å². The van der Waals surface area contributed by atoms with Gasteiger partial charge in [0, 0.05) is 20.1 Å². The molecule has 0 amide bonds. The summed E-state index contributed by atoms with van der Waals surface area (Å²) in [5, 5.41) is 6.85. The van der Waals surface area contributed by atoms with Crippen molar-refractivity contribution in [2.45, 2.75) is 26.4 Å². The number of aliphatic imine (C=N–C) groups is 1. The molecule has 0 saturated heterocycles. The van der Waals surface area contributed by atoms with E-state index in [1.807, 2.05) is 18.2 Å². The van der Waals surface area contributed by atoms with Crippen LogP contribution in [0, 0.1) is 0 Å². The smallest absolute Gasteiger partial charge is 0.203 e. The van der Waals surface area contributed by atoms with Gasteiger partial charge in [-0.15, -0.1) is 24.0 Å². The number of rotatable bonds is 11. The molecule has 7 nitrogen and oxygen atoms in total. The van der Waals surface area contributed by atoms with Crippen molar-refractivity contribution in [3.05, 3.63) is 53.6 Å². The summed E-state index contributed by atoms with van der Waals surface area (Å²) in [5.41, 5.74) is 2.29. The average Bonchev–Trinajstić information content (AvgIpc) is 2.83. The number of hydrogen-bond acceptors (Lipinski definition) is 5. The maximum atomic E-state index is 5.45. The molecule has 0 heterocycles. The zero-order valence-corrected chi connectivity index (χ0v) is 22.3. The van der Waals surface area contributed by atoms with E-state index in [0.29, 0.717) is 23.8 Å². The van der Waals surface area contributed by atoms with Crippen molar-refractivity contribution < 1.29 is 14.2 Å². The number of benzene rings is 2. The first kappa shape index (κ1) is 27.8. The van der Waals surface area contributed by atoms with Gasteiger partial charge in [0.15, 0.2) is 17.5 Å². The lowest BCUT2D eigenvalue weighted by molar-refractivity contribution is 0.219. The zero-order valence-electron chi connectivity index (χ0n) is 20.0. The van der Waals surface area contributed by atoms with E-state index in [2.05, 4.69) is 58.6 Å². The van der Waals surface area contributed by atoms with E-state index in [1.54, 1.807) is 28.4 Å². The van der Waals surface area contributed by atoms with Gasteiger partial charge in [-0.25, -0.2) is 0 Å². The molecule has 0 radical (unpaired) electrons. The second-order valence-electron chi connectivity index (χ2n) is 6.99. The maximum absolute atomic E-state index is 5.45. The summed E-state index contributed by atoms with van der Waals surface area (Å²) >= 11 is 0. The van der Waals surface area contributed by atoms with Gasteiger partial charge in [0.1, 0.15) is 0 Å². The first-order valence-corrected chi connectivity index (χ1v) is 10.6. The van der Waals surface area contributed by atoms with Crippen molar-refractivity contribution in [1.29, 1.82) is 0 Å². The fourth-order valence-electron chi connectivity index (χ4n) is 3.63. The molecule has 2 N–H and O–H groups in total. The summed E-state index contributed by atoms with van der Waals surface area (Å²) in [7, 11) is 6.61. The van der Waals surface area contributed by atoms with E-state index in [-0.39, 0.29) is 30.0 Å². The first-order chi connectivity index (χ1) is 15.1. The molecule has 0 fully saturated rings. The van der Waals surface area contributed by atoms with Crippen LogP contribution in [0.1, 0.15) is 31.0 Å². The normalized spacial score (nSPS) is 12.0. The zero-order chi connectivity index (χ0) is 22.6. The van der Waals surface area contributed by atoms with Crippen LogP contribution in [0.3, 0.4) is 0 Å². The maximum Gasteiger partial charge on any atom is 0.203 e. The lowest BCUT2D eigenvalue weighted by atomic mass is 10.1. The van der Waals surface area contributed by atoms with Crippen LogP contribution in [0.25, 0.3) is 0 Å². The van der Waals surface area contributed by atoms with Crippen LogP contribution in [0.15, 0.2) is 47.5 Å². The number of likely N-dealkylation sites (N-methyl/N-ethyl adjacent to an activating group) is 1. The van der Waals surface area contributed by atoms with Gasteiger partial charge >= 0.3 is 0 Å². The van der Waals surface area contributed by atoms with E-state index >= 15 is 0 Å². The summed E-state index contributed by atoms with van der Waals surface area (Å²) in [5.74, 6) is 2.59. The molecule has 0 bridgehead atoms. The predicted molar refractivity (Wildman–Crippen MR) is 142 cm³/mol. The molecule has 8 heteroatoms. The number of halogens is 1. The van der Waals surface area contributed by atoms with Crippen LogP contribution in [0.4, 0.5) is 0 Å². The molecule has 2 aromatic rings. The van der Waals surface area contributed by atoms with Gasteiger partial charge in [-0.2, -0.15) is 0 Å². The van der Waals surface area contributed by atoms with Crippen molar-refractivity contribution in [2.75, 3.05) is 48.0 Å². The Morgan fingerprint density at radius 3 is 2.00 bits per heavy atom. The summed E-state index contributed by atoms with van der Waals surface area (Å²) in [4.78, 5) is 6.83. The minimum absolute atomic E-state index is 0. The van der Waals surface area contributed by atoms with Gasteiger partial charge in [0.2, 0.25) is 5.75 Å². The Bertz CT molecular complexity index is 804. The number of ether oxygens (including phenoxy) is 3. The topological polar surface area (TPSA) is 67.4 Å². The van der Waals surface area contributed by atoms with Gasteiger partial charge in [-0.1, -0.05) is 44.2 Å². The van der Waals surface area contributed by atoms with Gasteiger partial charge in [-0.3, -0.25) is 9.89 Å². The van der Waals surface area contributed by atoms with E-state index < -0.39 is 0 Å². The standard InChI is InChI=1S/C24H36N4O3.HI/c1-7-28(8-2)20(19-12-10-9-11-13-19)17-27-24(25-3)26-16-18-14-21(29-4)23(31-6)22(15-18)30-5;/h9-15,20H,7-8,16-17H2,1-6H3,(H2,25,26,27);1H. The van der Waals surface area contributed by atoms with Crippen LogP contribution in [-0.2, 0) is 6.54 Å². The highest BCUT2D eigenvalue weighted by atomic mass is 127. The first-order valence-electron chi connectivity index (χ1n) is 10.6. The Hall–Kier alpha value is -2.20. The Balaban J connectivity index is 0.00000512. The van der Waals surface area contributed by atoms with Crippen molar-refractivity contribution in [1.82, 2.24) is 15.5 Å². The largest absolute Gasteiger partial charge is 0.493 e. The molecular formula is C24H37IN4O3. The summed E-state index contributed by atoms with van der Waals surface area (Å²) < 4.78 is 16.3. The minimum atomic E-state index is 0. The molecule has 0 spiro atoms. The molecule has 2 rings (SSSR count). The molecule has 1 atom stereocenters. The quantitative estimate of drug-likeness (QED) is 0.247. The highest BCUT2D eigenvalue weighted by Crippen LogP contribution is 2.38. The summed E-state index contributed by atoms with van der Waals surface area (Å²) in [6.45, 7) is 7.66. The Morgan fingerprint density at radius 2 is 1.53 bits per heavy atom. The second kappa shape index (κ2) is 14.8.